The topological polar surface area (TPSA) is 0 Å². The van der Waals surface area contributed by atoms with E-state index in [0.717, 1.165) is 6.42 Å². The van der Waals surface area contributed by atoms with E-state index < -0.39 is 22.8 Å². The zero-order valence-corrected chi connectivity index (χ0v) is 28.3. The molecular formula is C39H39ClZr. The van der Waals surface area contributed by atoms with Gasteiger partial charge in [0.2, 0.25) is 0 Å². The van der Waals surface area contributed by atoms with Crippen LogP contribution < -0.4 is 12.4 Å². The molecule has 4 aromatic carbocycles. The van der Waals surface area contributed by atoms with Crippen molar-refractivity contribution in [1.29, 1.82) is 0 Å². The molecule has 0 heterocycles. The summed E-state index contributed by atoms with van der Waals surface area (Å²) in [4.78, 5) is 0. The third-order valence-electron chi connectivity index (χ3n) is 8.37. The van der Waals surface area contributed by atoms with E-state index in [-0.39, 0.29) is 23.2 Å². The molecule has 0 amide bonds. The number of hydrogen-bond donors (Lipinski definition) is 0. The maximum absolute atomic E-state index is 2.57. The maximum Gasteiger partial charge on any atom is -1.00 e. The molecule has 1 atom stereocenters. The van der Waals surface area contributed by atoms with Gasteiger partial charge in [-0.25, -0.2) is 0 Å². The van der Waals surface area contributed by atoms with E-state index in [2.05, 4.69) is 151 Å². The molecule has 0 saturated heterocycles. The van der Waals surface area contributed by atoms with Gasteiger partial charge in [-0.2, -0.15) is 0 Å². The molecule has 0 saturated carbocycles. The summed E-state index contributed by atoms with van der Waals surface area (Å²) in [6.45, 7) is 14.2. The van der Waals surface area contributed by atoms with Crippen LogP contribution in [0.5, 0.6) is 0 Å². The second-order valence-electron chi connectivity index (χ2n) is 13.3. The van der Waals surface area contributed by atoms with Gasteiger partial charge in [0.25, 0.3) is 0 Å². The smallest absolute Gasteiger partial charge is 1.00 e. The molecule has 0 N–H and O–H groups in total. The van der Waals surface area contributed by atoms with Crippen molar-refractivity contribution in [3.63, 3.8) is 0 Å². The number of allylic oxidation sites excluding steroid dienone is 4. The molecule has 41 heavy (non-hydrogen) atoms. The molecule has 206 valence electrons. The number of benzene rings is 4. The fraction of sp³-hybridized carbons (Fsp3) is 0.256. The Morgan fingerprint density at radius 2 is 1.32 bits per heavy atom. The summed E-state index contributed by atoms with van der Waals surface area (Å²) in [5.41, 5.74) is 14.9. The van der Waals surface area contributed by atoms with Crippen LogP contribution in [0.15, 0.2) is 109 Å². The second-order valence-corrected chi connectivity index (χ2v) is 16.6. The molecule has 1 unspecified atom stereocenters. The Morgan fingerprint density at radius 3 is 1.85 bits per heavy atom. The van der Waals surface area contributed by atoms with Gasteiger partial charge in [0.1, 0.15) is 0 Å². The van der Waals surface area contributed by atoms with Crippen LogP contribution in [0, 0.1) is 0 Å². The van der Waals surface area contributed by atoms with Gasteiger partial charge in [0.15, 0.2) is 0 Å². The van der Waals surface area contributed by atoms with Crippen molar-refractivity contribution < 1.29 is 35.2 Å². The van der Waals surface area contributed by atoms with Crippen LogP contribution in [0.3, 0.4) is 0 Å². The third kappa shape index (κ3) is 5.74. The summed E-state index contributed by atoms with van der Waals surface area (Å²) in [5, 5.41) is 0. The van der Waals surface area contributed by atoms with E-state index in [1.807, 2.05) is 0 Å². The van der Waals surface area contributed by atoms with Crippen LogP contribution in [0.2, 0.25) is 0 Å². The first kappa shape index (κ1) is 29.9. The second kappa shape index (κ2) is 11.6. The molecule has 4 aromatic rings. The Kier molecular flexibility index (Phi) is 8.44. The molecule has 0 bridgehead atoms. The molecule has 0 radical (unpaired) electrons. The summed E-state index contributed by atoms with van der Waals surface area (Å²) in [7, 11) is 0. The predicted octanol–water partition coefficient (Wildman–Crippen LogP) is 7.05. The van der Waals surface area contributed by atoms with Crippen LogP contribution >= 0.6 is 0 Å². The van der Waals surface area contributed by atoms with Crippen LogP contribution in [0.25, 0.3) is 16.7 Å². The van der Waals surface area contributed by atoms with Crippen LogP contribution in [0.1, 0.15) is 90.5 Å². The van der Waals surface area contributed by atoms with E-state index in [1.54, 1.807) is 14.3 Å². The molecule has 2 heteroatoms. The number of rotatable bonds is 4. The Hall–Kier alpha value is -2.60. The minimum atomic E-state index is -1.21. The first-order chi connectivity index (χ1) is 19.1. The zero-order valence-electron chi connectivity index (χ0n) is 25.1. The van der Waals surface area contributed by atoms with Crippen molar-refractivity contribution in [2.24, 2.45) is 0 Å². The van der Waals surface area contributed by atoms with Gasteiger partial charge in [0.05, 0.1) is 0 Å². The molecular weight excluding hydrogens is 595 g/mol. The number of hydrogen-bond acceptors (Lipinski definition) is 0. The largest absolute Gasteiger partial charge is 1.00 e. The minimum absolute atomic E-state index is 0. The van der Waals surface area contributed by atoms with E-state index in [1.165, 1.54) is 44.5 Å². The maximum atomic E-state index is 2.57. The minimum Gasteiger partial charge on any atom is -1.00 e. The van der Waals surface area contributed by atoms with Gasteiger partial charge >= 0.3 is 253 Å². The predicted molar refractivity (Wildman–Crippen MR) is 169 cm³/mol. The van der Waals surface area contributed by atoms with Gasteiger partial charge in [-0.15, -0.1) is 0 Å². The van der Waals surface area contributed by atoms with Crippen LogP contribution in [-0.2, 0) is 33.6 Å². The molecule has 0 fully saturated rings. The molecule has 6 rings (SSSR count). The van der Waals surface area contributed by atoms with Gasteiger partial charge < -0.3 is 12.4 Å². The van der Waals surface area contributed by atoms with Crippen molar-refractivity contribution in [2.75, 3.05) is 0 Å². The standard InChI is InChI=1S/C26H29.C13H10.ClH.Zr/c1-25(2,3)19-11-12-20-18(15-19)16-22-21(20)13-14-23(26(4,5)6)24(22)17-9-7-8-10-17;1-3-7-12(8-4-1)11-13-9-5-2-6-10-13;;/h7-9,11-16H,10H2,1-6H3;1-10H;1H;/q;;;+1/p-1. The normalized spacial score (nSPS) is 15.5. The SMILES string of the molecule is CC(C)(C)c1ccc2c(c1)[CH]([Zr+]=[C](c1ccccc1)c1ccccc1)c1c-2ccc(C(C)(C)C)c1C1=CC=CC1.[Cl-]. The Bertz CT molecular complexity index is 1620. The monoisotopic (exact) mass is 632 g/mol. The molecule has 2 aliphatic rings. The van der Waals surface area contributed by atoms with Crippen molar-refractivity contribution in [3.8, 4) is 11.1 Å². The van der Waals surface area contributed by atoms with E-state index in [9.17, 15) is 0 Å². The average molecular weight is 634 g/mol. The van der Waals surface area contributed by atoms with E-state index in [0.29, 0.717) is 3.63 Å². The van der Waals surface area contributed by atoms with Gasteiger partial charge in [-0.1, -0.05) is 0 Å². The Morgan fingerprint density at radius 1 is 0.707 bits per heavy atom. The molecule has 0 aromatic heterocycles. The number of fused-ring (bicyclic) bond motifs is 3. The Balaban J connectivity index is 0.00000337. The van der Waals surface area contributed by atoms with Crippen LogP contribution in [0.4, 0.5) is 0 Å². The fourth-order valence-electron chi connectivity index (χ4n) is 6.26. The molecule has 0 spiro atoms. The van der Waals surface area contributed by atoms with Crippen molar-refractivity contribution in [2.45, 2.75) is 62.4 Å². The molecule has 0 aliphatic heterocycles. The Labute approximate surface area is 264 Å². The van der Waals surface area contributed by atoms with Crippen molar-refractivity contribution in [1.82, 2.24) is 0 Å². The van der Waals surface area contributed by atoms with E-state index in [4.69, 9.17) is 0 Å². The zero-order chi connectivity index (χ0) is 28.1. The third-order valence-corrected chi connectivity index (χ3v) is 12.7. The summed E-state index contributed by atoms with van der Waals surface area (Å²) < 4.78 is 2.03. The van der Waals surface area contributed by atoms with Gasteiger partial charge in [-0.05, 0) is 0 Å². The summed E-state index contributed by atoms with van der Waals surface area (Å²) in [6.07, 6.45) is 7.97. The quantitative estimate of drug-likeness (QED) is 0.226. The molecule has 2 aliphatic carbocycles. The summed E-state index contributed by atoms with van der Waals surface area (Å²) >= 11 is -1.21. The van der Waals surface area contributed by atoms with Gasteiger partial charge in [-0.3, -0.25) is 0 Å². The fourth-order valence-corrected chi connectivity index (χ4v) is 10.7. The first-order valence-electron chi connectivity index (χ1n) is 14.6. The summed E-state index contributed by atoms with van der Waals surface area (Å²) in [5.74, 6) is 0. The van der Waals surface area contributed by atoms with Crippen molar-refractivity contribution in [3.05, 3.63) is 148 Å². The average Bonchev–Trinajstić information content (AvgIpc) is 3.58. The van der Waals surface area contributed by atoms with Gasteiger partial charge in [0, 0.05) is 0 Å². The number of halogens is 1. The van der Waals surface area contributed by atoms with E-state index >= 15 is 0 Å². The summed E-state index contributed by atoms with van der Waals surface area (Å²) in [6, 6.07) is 34.6. The van der Waals surface area contributed by atoms with Crippen molar-refractivity contribution >= 4 is 8.78 Å². The van der Waals surface area contributed by atoms with Crippen LogP contribution in [-0.4, -0.2) is 3.21 Å². The first-order valence-corrected chi connectivity index (χ1v) is 17.2. The molecule has 0 nitrogen and oxygen atoms in total.